The van der Waals surface area contributed by atoms with Gasteiger partial charge in [-0.2, -0.15) is 0 Å². The normalized spacial score (nSPS) is 10.4. The van der Waals surface area contributed by atoms with Crippen molar-refractivity contribution in [3.05, 3.63) is 65.7 Å². The minimum Gasteiger partial charge on any atom is -0.320 e. The predicted molar refractivity (Wildman–Crippen MR) is 78.9 cm³/mol. The summed E-state index contributed by atoms with van der Waals surface area (Å²) < 4.78 is 0. The highest BCUT2D eigenvalue weighted by molar-refractivity contribution is 6.29. The number of pyridine rings is 2. The average molecular weight is 284 g/mol. The van der Waals surface area contributed by atoms with E-state index in [9.17, 15) is 4.79 Å². The van der Waals surface area contributed by atoms with Crippen molar-refractivity contribution in [2.75, 3.05) is 5.32 Å². The van der Waals surface area contributed by atoms with Crippen LogP contribution in [0.1, 0.15) is 10.5 Å². The van der Waals surface area contributed by atoms with Gasteiger partial charge in [-0.25, -0.2) is 4.98 Å². The van der Waals surface area contributed by atoms with Crippen molar-refractivity contribution in [1.29, 1.82) is 0 Å². The Hall–Kier alpha value is -2.46. The third-order valence-corrected chi connectivity index (χ3v) is 3.09. The standard InChI is InChI=1S/C15H10ClN3O/c16-14-6-2-5-13(18-14)15(20)19-12-4-1-3-10-9-17-8-7-11(10)12/h1-9H,(H,19,20). The Labute approximate surface area is 120 Å². The zero-order chi connectivity index (χ0) is 13.9. The number of amides is 1. The fourth-order valence-corrected chi connectivity index (χ4v) is 2.12. The number of benzene rings is 1. The summed E-state index contributed by atoms with van der Waals surface area (Å²) in [5.41, 5.74) is 1.00. The summed E-state index contributed by atoms with van der Waals surface area (Å²) in [4.78, 5) is 20.2. The van der Waals surface area contributed by atoms with Gasteiger partial charge in [-0.05, 0) is 24.3 Å². The molecule has 2 heterocycles. The van der Waals surface area contributed by atoms with Gasteiger partial charge < -0.3 is 5.32 Å². The van der Waals surface area contributed by atoms with Crippen LogP contribution in [0.3, 0.4) is 0 Å². The van der Waals surface area contributed by atoms with E-state index in [1.807, 2.05) is 24.3 Å². The molecule has 0 atom stereocenters. The average Bonchev–Trinajstić information content (AvgIpc) is 2.47. The van der Waals surface area contributed by atoms with E-state index in [-0.39, 0.29) is 11.6 Å². The second-order valence-corrected chi connectivity index (χ2v) is 4.59. The van der Waals surface area contributed by atoms with E-state index in [0.29, 0.717) is 5.15 Å². The second kappa shape index (κ2) is 5.27. The van der Waals surface area contributed by atoms with Gasteiger partial charge in [0.15, 0.2) is 0 Å². The Morgan fingerprint density at radius 3 is 2.80 bits per heavy atom. The molecule has 1 N–H and O–H groups in total. The summed E-state index contributed by atoms with van der Waals surface area (Å²) in [6.45, 7) is 0. The first-order chi connectivity index (χ1) is 9.74. The van der Waals surface area contributed by atoms with Crippen LogP contribution in [0.5, 0.6) is 0 Å². The van der Waals surface area contributed by atoms with Crippen LogP contribution in [0.25, 0.3) is 10.8 Å². The Kier molecular flexibility index (Phi) is 3.31. The second-order valence-electron chi connectivity index (χ2n) is 4.20. The molecule has 3 aromatic rings. The van der Waals surface area contributed by atoms with Gasteiger partial charge >= 0.3 is 0 Å². The fourth-order valence-electron chi connectivity index (χ4n) is 1.95. The highest BCUT2D eigenvalue weighted by Gasteiger charge is 2.09. The molecule has 0 fully saturated rings. The highest BCUT2D eigenvalue weighted by atomic mass is 35.5. The van der Waals surface area contributed by atoms with Crippen LogP contribution >= 0.6 is 11.6 Å². The number of aromatic nitrogens is 2. The third kappa shape index (κ3) is 2.46. The maximum absolute atomic E-state index is 12.2. The van der Waals surface area contributed by atoms with E-state index in [1.54, 1.807) is 30.6 Å². The molecule has 0 spiro atoms. The summed E-state index contributed by atoms with van der Waals surface area (Å²) in [5, 5.41) is 5.02. The van der Waals surface area contributed by atoms with Gasteiger partial charge in [0.1, 0.15) is 10.8 Å². The number of nitrogens with one attached hydrogen (secondary N) is 1. The summed E-state index contributed by atoms with van der Waals surface area (Å²) in [6.07, 6.45) is 3.44. The van der Waals surface area contributed by atoms with Crippen molar-refractivity contribution in [3.63, 3.8) is 0 Å². The largest absolute Gasteiger partial charge is 0.320 e. The van der Waals surface area contributed by atoms with Crippen molar-refractivity contribution in [3.8, 4) is 0 Å². The lowest BCUT2D eigenvalue weighted by molar-refractivity contribution is 0.102. The quantitative estimate of drug-likeness (QED) is 0.732. The number of hydrogen-bond acceptors (Lipinski definition) is 3. The number of halogens is 1. The Morgan fingerprint density at radius 1 is 1.10 bits per heavy atom. The number of carbonyl (C=O) groups is 1. The smallest absolute Gasteiger partial charge is 0.274 e. The molecule has 0 aliphatic carbocycles. The Balaban J connectivity index is 1.95. The van der Waals surface area contributed by atoms with Crippen LogP contribution in [-0.4, -0.2) is 15.9 Å². The lowest BCUT2D eigenvalue weighted by Gasteiger charge is -2.08. The molecule has 0 aliphatic heterocycles. The van der Waals surface area contributed by atoms with E-state index < -0.39 is 0 Å². The molecule has 4 nitrogen and oxygen atoms in total. The molecule has 0 saturated heterocycles. The van der Waals surface area contributed by atoms with Crippen LogP contribution in [0.2, 0.25) is 5.15 Å². The first-order valence-corrected chi connectivity index (χ1v) is 6.38. The van der Waals surface area contributed by atoms with E-state index >= 15 is 0 Å². The van der Waals surface area contributed by atoms with Gasteiger partial charge in [0, 0.05) is 28.9 Å². The zero-order valence-corrected chi connectivity index (χ0v) is 11.1. The molecule has 0 saturated carbocycles. The lowest BCUT2D eigenvalue weighted by atomic mass is 10.1. The molecule has 0 aliphatic rings. The van der Waals surface area contributed by atoms with Gasteiger partial charge in [-0.1, -0.05) is 29.8 Å². The summed E-state index contributed by atoms with van der Waals surface area (Å²) in [6, 6.07) is 12.4. The minimum atomic E-state index is -0.295. The number of carbonyl (C=O) groups excluding carboxylic acids is 1. The number of rotatable bonds is 2. The summed E-state index contributed by atoms with van der Waals surface area (Å²) in [7, 11) is 0. The summed E-state index contributed by atoms with van der Waals surface area (Å²) in [5.74, 6) is -0.295. The van der Waals surface area contributed by atoms with Crippen molar-refractivity contribution in [2.45, 2.75) is 0 Å². The molecule has 5 heteroatoms. The molecular formula is C15H10ClN3O. The topological polar surface area (TPSA) is 54.9 Å². The maximum atomic E-state index is 12.2. The molecule has 1 amide bonds. The van der Waals surface area contributed by atoms with Gasteiger partial charge in [-0.15, -0.1) is 0 Å². The minimum absolute atomic E-state index is 0.281. The zero-order valence-electron chi connectivity index (χ0n) is 10.4. The SMILES string of the molecule is O=C(Nc1cccc2cnccc12)c1cccc(Cl)n1. The molecule has 0 bridgehead atoms. The molecular weight excluding hydrogens is 274 g/mol. The van der Waals surface area contributed by atoms with Crippen molar-refractivity contribution in [1.82, 2.24) is 9.97 Å². The van der Waals surface area contributed by atoms with E-state index in [1.165, 1.54) is 0 Å². The number of hydrogen-bond donors (Lipinski definition) is 1. The van der Waals surface area contributed by atoms with E-state index in [0.717, 1.165) is 16.5 Å². The van der Waals surface area contributed by atoms with E-state index in [2.05, 4.69) is 15.3 Å². The fraction of sp³-hybridized carbons (Fsp3) is 0. The molecule has 0 radical (unpaired) electrons. The Bertz CT molecular complexity index is 783. The molecule has 0 unspecified atom stereocenters. The van der Waals surface area contributed by atoms with Gasteiger partial charge in [0.05, 0.1) is 0 Å². The van der Waals surface area contributed by atoms with Crippen molar-refractivity contribution >= 4 is 34.0 Å². The van der Waals surface area contributed by atoms with Gasteiger partial charge in [0.2, 0.25) is 0 Å². The monoisotopic (exact) mass is 283 g/mol. The molecule has 1 aromatic carbocycles. The van der Waals surface area contributed by atoms with Crippen molar-refractivity contribution in [2.24, 2.45) is 0 Å². The van der Waals surface area contributed by atoms with Gasteiger partial charge in [-0.3, -0.25) is 9.78 Å². The third-order valence-electron chi connectivity index (χ3n) is 2.88. The van der Waals surface area contributed by atoms with Crippen LogP contribution in [-0.2, 0) is 0 Å². The highest BCUT2D eigenvalue weighted by Crippen LogP contribution is 2.22. The summed E-state index contributed by atoms with van der Waals surface area (Å²) >= 11 is 5.79. The lowest BCUT2D eigenvalue weighted by Crippen LogP contribution is -2.13. The molecule has 98 valence electrons. The Morgan fingerprint density at radius 2 is 1.95 bits per heavy atom. The van der Waals surface area contributed by atoms with Crippen LogP contribution < -0.4 is 5.32 Å². The first-order valence-electron chi connectivity index (χ1n) is 6.01. The van der Waals surface area contributed by atoms with Crippen LogP contribution in [0.15, 0.2) is 54.9 Å². The molecule has 3 rings (SSSR count). The van der Waals surface area contributed by atoms with Gasteiger partial charge in [0.25, 0.3) is 5.91 Å². The number of nitrogens with zero attached hydrogens (tertiary/aromatic N) is 2. The number of fused-ring (bicyclic) bond motifs is 1. The van der Waals surface area contributed by atoms with E-state index in [4.69, 9.17) is 11.6 Å². The molecule has 2 aromatic heterocycles. The number of anilines is 1. The predicted octanol–water partition coefficient (Wildman–Crippen LogP) is 3.54. The van der Waals surface area contributed by atoms with Crippen LogP contribution in [0.4, 0.5) is 5.69 Å². The maximum Gasteiger partial charge on any atom is 0.274 e. The van der Waals surface area contributed by atoms with Crippen molar-refractivity contribution < 1.29 is 4.79 Å². The molecule has 20 heavy (non-hydrogen) atoms. The van der Waals surface area contributed by atoms with Crippen LogP contribution in [0, 0.1) is 0 Å². The first kappa shape index (κ1) is 12.6.